The predicted octanol–water partition coefficient (Wildman–Crippen LogP) is 5.78. The fourth-order valence-corrected chi connectivity index (χ4v) is 5.75. The summed E-state index contributed by atoms with van der Waals surface area (Å²) in [5.74, 6) is -0.857. The van der Waals surface area contributed by atoms with Crippen LogP contribution in [-0.4, -0.2) is 32.7 Å². The number of nitrogens with one attached hydrogen (secondary N) is 3. The Hall–Kier alpha value is -4.79. The molecule has 5 aromatic carbocycles. The lowest BCUT2D eigenvalue weighted by atomic mass is 10.0. The molecule has 3 N–H and O–H groups in total. The molecule has 0 saturated carbocycles. The Bertz CT molecular complexity index is 1820. The molecule has 0 spiro atoms. The van der Waals surface area contributed by atoms with Gasteiger partial charge in [0, 0.05) is 16.9 Å². The predicted molar refractivity (Wildman–Crippen MR) is 166 cm³/mol. The number of fused-ring (bicyclic) bond motifs is 1. The van der Waals surface area contributed by atoms with Gasteiger partial charge < -0.3 is 10.6 Å². The summed E-state index contributed by atoms with van der Waals surface area (Å²) < 4.78 is 27.7. The van der Waals surface area contributed by atoms with Crippen LogP contribution in [0.1, 0.15) is 21.5 Å². The van der Waals surface area contributed by atoms with Gasteiger partial charge in [-0.15, -0.1) is 0 Å². The van der Waals surface area contributed by atoms with E-state index in [0.717, 1.165) is 33.3 Å². The Balaban J connectivity index is 1.30. The molecule has 1 atom stereocenters. The minimum Gasteiger partial charge on any atom is -0.356 e. The van der Waals surface area contributed by atoms with Crippen molar-refractivity contribution in [1.82, 2.24) is 10.0 Å². The quantitative estimate of drug-likeness (QED) is 0.185. The van der Waals surface area contributed by atoms with Gasteiger partial charge >= 0.3 is 0 Å². The lowest BCUT2D eigenvalue weighted by molar-refractivity contribution is -0.119. The Labute approximate surface area is 245 Å². The van der Waals surface area contributed by atoms with Gasteiger partial charge in [0.05, 0.1) is 17.5 Å². The fraction of sp³-hybridized carbons (Fsp3) is 0.118. The van der Waals surface area contributed by atoms with Crippen LogP contribution in [0.3, 0.4) is 0 Å². The van der Waals surface area contributed by atoms with Crippen molar-refractivity contribution in [3.8, 4) is 0 Å². The first-order valence-corrected chi connectivity index (χ1v) is 15.1. The van der Waals surface area contributed by atoms with Crippen LogP contribution in [0.5, 0.6) is 0 Å². The molecule has 1 amide bonds. The summed E-state index contributed by atoms with van der Waals surface area (Å²) in [7, 11) is -3.88. The number of hydrogen-bond acceptors (Lipinski definition) is 5. The maximum atomic E-state index is 13.4. The zero-order chi connectivity index (χ0) is 29.5. The molecule has 0 aliphatic heterocycles. The van der Waals surface area contributed by atoms with Gasteiger partial charge in [-0.2, -0.15) is 0 Å². The second kappa shape index (κ2) is 12.8. The summed E-state index contributed by atoms with van der Waals surface area (Å²) in [6, 6.07) is 35.8. The number of carbonyl (C=O) groups is 2. The Morgan fingerprint density at radius 3 is 2.05 bits per heavy atom. The number of aryl methyl sites for hydroxylation is 1. The molecule has 5 aromatic rings. The molecule has 0 radical (unpaired) electrons. The van der Waals surface area contributed by atoms with Crippen LogP contribution in [0.2, 0.25) is 0 Å². The van der Waals surface area contributed by atoms with Crippen molar-refractivity contribution in [1.29, 1.82) is 0 Å². The van der Waals surface area contributed by atoms with Crippen molar-refractivity contribution in [3.63, 3.8) is 0 Å². The lowest BCUT2D eigenvalue weighted by Crippen LogP contribution is -2.46. The van der Waals surface area contributed by atoms with Crippen molar-refractivity contribution in [3.05, 3.63) is 138 Å². The Morgan fingerprint density at radius 1 is 0.714 bits per heavy atom. The molecule has 8 heteroatoms. The number of benzene rings is 5. The van der Waals surface area contributed by atoms with Crippen molar-refractivity contribution >= 4 is 43.9 Å². The molecule has 0 aliphatic carbocycles. The number of hydrogen-bond donors (Lipinski definition) is 3. The largest absolute Gasteiger partial charge is 0.356 e. The monoisotopic (exact) mass is 577 g/mol. The molecule has 0 saturated heterocycles. The summed E-state index contributed by atoms with van der Waals surface area (Å²) in [6.45, 7) is 1.38. The number of carbonyl (C=O) groups excluding carboxylic acids is 2. The van der Waals surface area contributed by atoms with Crippen LogP contribution in [0.25, 0.3) is 10.8 Å². The number of rotatable bonds is 11. The van der Waals surface area contributed by atoms with Gasteiger partial charge in [-0.05, 0) is 77.7 Å². The highest BCUT2D eigenvalue weighted by atomic mass is 32.2. The van der Waals surface area contributed by atoms with E-state index in [1.54, 1.807) is 24.3 Å². The van der Waals surface area contributed by atoms with Crippen LogP contribution in [0.15, 0.2) is 126 Å². The van der Waals surface area contributed by atoms with Gasteiger partial charge in [0.1, 0.15) is 0 Å². The third-order valence-electron chi connectivity index (χ3n) is 6.98. The highest BCUT2D eigenvalue weighted by Gasteiger charge is 2.25. The van der Waals surface area contributed by atoms with E-state index in [4.69, 9.17) is 0 Å². The second-order valence-electron chi connectivity index (χ2n) is 10.0. The summed E-state index contributed by atoms with van der Waals surface area (Å²) in [6.07, 6.45) is 0.221. The smallest absolute Gasteiger partial charge is 0.252 e. The molecule has 0 fully saturated rings. The van der Waals surface area contributed by atoms with E-state index < -0.39 is 34.3 Å². The molecule has 7 nitrogen and oxygen atoms in total. The molecule has 0 heterocycles. The van der Waals surface area contributed by atoms with Gasteiger partial charge in [0.2, 0.25) is 10.0 Å². The number of sulfonamides is 1. The summed E-state index contributed by atoms with van der Waals surface area (Å²) >= 11 is 0. The van der Waals surface area contributed by atoms with E-state index >= 15 is 0 Å². The molecular weight excluding hydrogens is 546 g/mol. The second-order valence-corrected chi connectivity index (χ2v) is 11.8. The van der Waals surface area contributed by atoms with Gasteiger partial charge in [0.15, 0.2) is 5.78 Å². The van der Waals surface area contributed by atoms with Crippen LogP contribution in [0.4, 0.5) is 11.4 Å². The minimum absolute atomic E-state index is 0.0643. The highest BCUT2D eigenvalue weighted by molar-refractivity contribution is 7.89. The molecule has 5 rings (SSSR count). The molecule has 0 aliphatic rings. The van der Waals surface area contributed by atoms with Gasteiger partial charge in [0.25, 0.3) is 5.91 Å². The average molecular weight is 578 g/mol. The minimum atomic E-state index is -3.88. The van der Waals surface area contributed by atoms with E-state index in [2.05, 4.69) is 39.6 Å². The number of amides is 1. The molecule has 212 valence electrons. The fourth-order valence-electron chi connectivity index (χ4n) is 4.73. The van der Waals surface area contributed by atoms with E-state index in [-0.39, 0.29) is 11.3 Å². The number of anilines is 2. The van der Waals surface area contributed by atoms with Gasteiger partial charge in [-0.1, -0.05) is 78.9 Å². The number of Topliss-reactive ketones (excluding diaryl/α,β-unsaturated/α-hetero) is 1. The average Bonchev–Trinajstić information content (AvgIpc) is 3.00. The maximum Gasteiger partial charge on any atom is 0.252 e. The third-order valence-corrected chi connectivity index (χ3v) is 8.39. The zero-order valence-electron chi connectivity index (χ0n) is 23.1. The normalized spacial score (nSPS) is 12.0. The van der Waals surface area contributed by atoms with Crippen molar-refractivity contribution in [2.75, 3.05) is 11.9 Å². The van der Waals surface area contributed by atoms with E-state index in [0.29, 0.717) is 5.56 Å². The lowest BCUT2D eigenvalue weighted by Gasteiger charge is -2.19. The van der Waals surface area contributed by atoms with Crippen LogP contribution in [0, 0.1) is 6.92 Å². The van der Waals surface area contributed by atoms with Crippen LogP contribution < -0.4 is 15.4 Å². The molecule has 0 bridgehead atoms. The summed E-state index contributed by atoms with van der Waals surface area (Å²) in [4.78, 5) is 26.7. The topological polar surface area (TPSA) is 104 Å². The zero-order valence-corrected chi connectivity index (χ0v) is 23.9. The molecule has 0 aromatic heterocycles. The van der Waals surface area contributed by atoms with Crippen molar-refractivity contribution in [2.24, 2.45) is 0 Å². The first-order valence-electron chi connectivity index (χ1n) is 13.6. The molecular formula is C34H31N3O4S. The van der Waals surface area contributed by atoms with Gasteiger partial charge in [-0.25, -0.2) is 13.1 Å². The number of ketones is 1. The third kappa shape index (κ3) is 7.09. The summed E-state index contributed by atoms with van der Waals surface area (Å²) in [5.41, 5.74) is 3.75. The Morgan fingerprint density at radius 2 is 1.33 bits per heavy atom. The standard InChI is InChI=1S/C34H31N3O4S/c1-24-20-28(36-29-17-16-26-12-8-9-13-27(26)22-29)18-19-31(24)34(39)37-32(21-25-10-4-2-5-11-25)33(38)23-35-42(40,41)30-14-6-3-7-15-30/h2-20,22,32,35-36H,21,23H2,1H3,(H,37,39)/t32-/m0/s1. The first kappa shape index (κ1) is 28.7. The molecule has 42 heavy (non-hydrogen) atoms. The van der Waals surface area contributed by atoms with E-state index in [1.807, 2.05) is 67.6 Å². The highest BCUT2D eigenvalue weighted by Crippen LogP contribution is 2.24. The van der Waals surface area contributed by atoms with Gasteiger partial charge in [-0.3, -0.25) is 9.59 Å². The summed E-state index contributed by atoms with van der Waals surface area (Å²) in [5, 5.41) is 8.50. The first-order chi connectivity index (χ1) is 20.3. The van der Waals surface area contributed by atoms with Crippen molar-refractivity contribution < 1.29 is 18.0 Å². The van der Waals surface area contributed by atoms with E-state index in [1.165, 1.54) is 12.1 Å². The van der Waals surface area contributed by atoms with E-state index in [9.17, 15) is 18.0 Å². The maximum absolute atomic E-state index is 13.4. The van der Waals surface area contributed by atoms with Crippen molar-refractivity contribution in [2.45, 2.75) is 24.3 Å². The van der Waals surface area contributed by atoms with Crippen LogP contribution in [-0.2, 0) is 21.2 Å². The Kier molecular flexibility index (Phi) is 8.76. The van der Waals surface area contributed by atoms with Crippen LogP contribution >= 0.6 is 0 Å². The SMILES string of the molecule is Cc1cc(Nc2ccc3ccccc3c2)ccc1C(=O)N[C@@H](Cc1ccccc1)C(=O)CNS(=O)(=O)c1ccccc1. The molecule has 0 unspecified atom stereocenters.